The van der Waals surface area contributed by atoms with E-state index in [1.807, 2.05) is 50.2 Å². The molecule has 0 fully saturated rings. The Kier molecular flexibility index (Phi) is 4.45. The summed E-state index contributed by atoms with van der Waals surface area (Å²) in [7, 11) is 1.59. The first kappa shape index (κ1) is 14.6. The Hall–Kier alpha value is -1.81. The number of anilines is 1. The Morgan fingerprint density at radius 2 is 1.90 bits per heavy atom. The molecule has 0 saturated heterocycles. The molecule has 0 aliphatic heterocycles. The van der Waals surface area contributed by atoms with Crippen LogP contribution in [0.4, 0.5) is 5.69 Å². The van der Waals surface area contributed by atoms with Crippen LogP contribution in [0.25, 0.3) is 0 Å². The molecule has 0 aromatic heterocycles. The van der Waals surface area contributed by atoms with Crippen LogP contribution in [0.15, 0.2) is 40.9 Å². The number of hydrogen-bond donors (Lipinski definition) is 1. The van der Waals surface area contributed by atoms with Gasteiger partial charge in [-0.3, -0.25) is 4.79 Å². The average Bonchev–Trinajstić information content (AvgIpc) is 2.43. The molecule has 0 unspecified atom stereocenters. The van der Waals surface area contributed by atoms with Gasteiger partial charge in [-0.05, 0) is 49.2 Å². The third-order valence-electron chi connectivity index (χ3n) is 3.05. The largest absolute Gasteiger partial charge is 0.495 e. The minimum Gasteiger partial charge on any atom is -0.495 e. The lowest BCUT2D eigenvalue weighted by atomic mass is 10.1. The predicted octanol–water partition coefficient (Wildman–Crippen LogP) is 4.33. The normalized spacial score (nSPS) is 10.2. The Morgan fingerprint density at radius 3 is 2.60 bits per heavy atom. The van der Waals surface area contributed by atoms with Gasteiger partial charge >= 0.3 is 0 Å². The lowest BCUT2D eigenvalue weighted by Gasteiger charge is -2.12. The molecule has 2 aromatic rings. The first-order valence-corrected chi connectivity index (χ1v) is 7.02. The number of carbonyl (C=O) groups is 1. The first-order chi connectivity index (χ1) is 9.51. The maximum absolute atomic E-state index is 12.4. The summed E-state index contributed by atoms with van der Waals surface area (Å²) in [5.41, 5.74) is 3.32. The van der Waals surface area contributed by atoms with Crippen LogP contribution in [0.1, 0.15) is 21.5 Å². The molecule has 0 radical (unpaired) electrons. The summed E-state index contributed by atoms with van der Waals surface area (Å²) < 4.78 is 6.17. The van der Waals surface area contributed by atoms with E-state index in [-0.39, 0.29) is 5.91 Å². The summed E-state index contributed by atoms with van der Waals surface area (Å²) in [6.45, 7) is 3.89. The molecule has 0 heterocycles. The number of amides is 1. The van der Waals surface area contributed by atoms with E-state index < -0.39 is 0 Å². The van der Waals surface area contributed by atoms with Gasteiger partial charge in [0, 0.05) is 10.0 Å². The van der Waals surface area contributed by atoms with Crippen LogP contribution in [-0.4, -0.2) is 13.0 Å². The van der Waals surface area contributed by atoms with Crippen LogP contribution < -0.4 is 10.1 Å². The number of aryl methyl sites for hydroxylation is 2. The third kappa shape index (κ3) is 3.20. The van der Waals surface area contributed by atoms with Gasteiger partial charge in [0.15, 0.2) is 0 Å². The van der Waals surface area contributed by atoms with Crippen molar-refractivity contribution in [3.63, 3.8) is 0 Å². The Labute approximate surface area is 127 Å². The number of halogens is 1. The van der Waals surface area contributed by atoms with Crippen molar-refractivity contribution < 1.29 is 9.53 Å². The van der Waals surface area contributed by atoms with Crippen LogP contribution in [0.5, 0.6) is 5.75 Å². The predicted molar refractivity (Wildman–Crippen MR) is 84.6 cm³/mol. The Balaban J connectivity index is 2.30. The van der Waals surface area contributed by atoms with Gasteiger partial charge in [-0.25, -0.2) is 0 Å². The molecule has 0 aliphatic rings. The van der Waals surface area contributed by atoms with E-state index in [0.29, 0.717) is 17.0 Å². The van der Waals surface area contributed by atoms with Gasteiger partial charge in [0.25, 0.3) is 5.91 Å². The zero-order chi connectivity index (χ0) is 14.7. The summed E-state index contributed by atoms with van der Waals surface area (Å²) >= 11 is 3.38. The highest BCUT2D eigenvalue weighted by Crippen LogP contribution is 2.26. The second-order valence-corrected chi connectivity index (χ2v) is 5.53. The molecule has 2 rings (SSSR count). The minimum absolute atomic E-state index is 0.147. The van der Waals surface area contributed by atoms with Gasteiger partial charge in [0.1, 0.15) is 5.75 Å². The number of nitrogens with one attached hydrogen (secondary N) is 1. The van der Waals surface area contributed by atoms with E-state index in [4.69, 9.17) is 4.74 Å². The maximum Gasteiger partial charge on any atom is 0.256 e. The smallest absolute Gasteiger partial charge is 0.256 e. The zero-order valence-corrected chi connectivity index (χ0v) is 13.2. The lowest BCUT2D eigenvalue weighted by Crippen LogP contribution is -2.14. The molecule has 104 valence electrons. The molecule has 1 amide bonds. The average molecular weight is 334 g/mol. The molecule has 0 spiro atoms. The Bertz CT molecular complexity index is 653. The van der Waals surface area contributed by atoms with Gasteiger partial charge < -0.3 is 10.1 Å². The minimum atomic E-state index is -0.147. The molecule has 2 aromatic carbocycles. The van der Waals surface area contributed by atoms with Gasteiger partial charge in [-0.15, -0.1) is 0 Å². The monoisotopic (exact) mass is 333 g/mol. The van der Waals surface area contributed by atoms with Crippen molar-refractivity contribution in [3.8, 4) is 5.75 Å². The fourth-order valence-corrected chi connectivity index (χ4v) is 2.29. The maximum atomic E-state index is 12.4. The third-order valence-corrected chi connectivity index (χ3v) is 3.54. The van der Waals surface area contributed by atoms with Crippen molar-refractivity contribution in [2.45, 2.75) is 13.8 Å². The van der Waals surface area contributed by atoms with Crippen LogP contribution in [0.3, 0.4) is 0 Å². The quantitative estimate of drug-likeness (QED) is 0.907. The number of hydrogen-bond acceptors (Lipinski definition) is 2. The highest BCUT2D eigenvalue weighted by atomic mass is 79.9. The molecule has 0 saturated carbocycles. The zero-order valence-electron chi connectivity index (χ0n) is 11.7. The summed E-state index contributed by atoms with van der Waals surface area (Å²) in [4.78, 5) is 12.4. The van der Waals surface area contributed by atoms with Crippen LogP contribution >= 0.6 is 15.9 Å². The van der Waals surface area contributed by atoms with Crippen LogP contribution in [0.2, 0.25) is 0 Å². The van der Waals surface area contributed by atoms with E-state index in [1.54, 1.807) is 7.11 Å². The Morgan fingerprint density at radius 1 is 1.15 bits per heavy atom. The van der Waals surface area contributed by atoms with Crippen molar-refractivity contribution in [2.75, 3.05) is 12.4 Å². The second-order valence-electron chi connectivity index (χ2n) is 4.62. The highest BCUT2D eigenvalue weighted by Gasteiger charge is 2.12. The lowest BCUT2D eigenvalue weighted by molar-refractivity contribution is 0.102. The molecular formula is C16H16BrNO2. The highest BCUT2D eigenvalue weighted by molar-refractivity contribution is 9.10. The summed E-state index contributed by atoms with van der Waals surface area (Å²) in [5.74, 6) is 0.511. The molecular weight excluding hydrogens is 318 g/mol. The van der Waals surface area contributed by atoms with E-state index in [2.05, 4.69) is 21.2 Å². The molecule has 3 nitrogen and oxygen atoms in total. The molecule has 20 heavy (non-hydrogen) atoms. The number of methoxy groups -OCH3 is 1. The van der Waals surface area contributed by atoms with Crippen molar-refractivity contribution in [3.05, 3.63) is 57.6 Å². The number of benzene rings is 2. The van der Waals surface area contributed by atoms with Crippen molar-refractivity contribution in [1.29, 1.82) is 0 Å². The van der Waals surface area contributed by atoms with Crippen molar-refractivity contribution in [1.82, 2.24) is 0 Å². The fourth-order valence-electron chi connectivity index (χ4n) is 1.93. The van der Waals surface area contributed by atoms with Crippen LogP contribution in [0, 0.1) is 13.8 Å². The van der Waals surface area contributed by atoms with E-state index >= 15 is 0 Å². The topological polar surface area (TPSA) is 38.3 Å². The van der Waals surface area contributed by atoms with E-state index in [9.17, 15) is 4.79 Å². The fraction of sp³-hybridized carbons (Fsp3) is 0.188. The molecule has 0 aliphatic carbocycles. The number of ether oxygens (including phenoxy) is 1. The first-order valence-electron chi connectivity index (χ1n) is 6.23. The SMILES string of the molecule is COc1cc(C)ccc1NC(=O)c1cc(Br)ccc1C. The molecule has 1 N–H and O–H groups in total. The number of rotatable bonds is 3. The summed E-state index contributed by atoms with van der Waals surface area (Å²) in [6, 6.07) is 11.3. The molecule has 0 bridgehead atoms. The van der Waals surface area contributed by atoms with E-state index in [1.165, 1.54) is 0 Å². The standard InChI is InChI=1S/C16H16BrNO2/c1-10-4-7-14(15(8-10)20-3)18-16(19)13-9-12(17)6-5-11(13)2/h4-9H,1-3H3,(H,18,19). The van der Waals surface area contributed by atoms with E-state index in [0.717, 1.165) is 15.6 Å². The number of carbonyl (C=O) groups excluding carboxylic acids is 1. The van der Waals surface area contributed by atoms with Crippen molar-refractivity contribution in [2.24, 2.45) is 0 Å². The molecule has 0 atom stereocenters. The van der Waals surface area contributed by atoms with Crippen molar-refractivity contribution >= 4 is 27.5 Å². The van der Waals surface area contributed by atoms with Gasteiger partial charge in [0.05, 0.1) is 12.8 Å². The van der Waals surface area contributed by atoms with Crippen LogP contribution in [-0.2, 0) is 0 Å². The summed E-state index contributed by atoms with van der Waals surface area (Å²) in [6.07, 6.45) is 0. The van der Waals surface area contributed by atoms with Gasteiger partial charge in [-0.1, -0.05) is 28.1 Å². The summed E-state index contributed by atoms with van der Waals surface area (Å²) in [5, 5.41) is 2.89. The van der Waals surface area contributed by atoms with Gasteiger partial charge in [-0.2, -0.15) is 0 Å². The van der Waals surface area contributed by atoms with Gasteiger partial charge in [0.2, 0.25) is 0 Å². The molecule has 4 heteroatoms. The second kappa shape index (κ2) is 6.09.